The summed E-state index contributed by atoms with van der Waals surface area (Å²) < 4.78 is 12.8. The van der Waals surface area contributed by atoms with Gasteiger partial charge in [-0.1, -0.05) is 0 Å². The fraction of sp³-hybridized carbons (Fsp3) is 0.385. The quantitative estimate of drug-likeness (QED) is 0.681. The molecule has 1 atom stereocenters. The van der Waals surface area contributed by atoms with Gasteiger partial charge in [-0.2, -0.15) is 0 Å². The lowest BCUT2D eigenvalue weighted by Gasteiger charge is -2.35. The number of hydrogen-bond acceptors (Lipinski definition) is 6. The molecule has 1 aromatic heterocycles. The molecule has 0 spiro atoms. The van der Waals surface area contributed by atoms with E-state index in [0.717, 1.165) is 5.82 Å². The number of nitrogens with two attached hydrogens (primary N) is 1. The molecule has 0 radical (unpaired) electrons. The third-order valence-corrected chi connectivity index (χ3v) is 3.40. The summed E-state index contributed by atoms with van der Waals surface area (Å²) in [6, 6.07) is 3.61. The minimum atomic E-state index is -0.770. The second-order valence-corrected chi connectivity index (χ2v) is 4.90. The first kappa shape index (κ1) is 13.0. The van der Waals surface area contributed by atoms with Gasteiger partial charge >= 0.3 is 0 Å². The SMILES string of the molecule is NC1=C(C=Nc2ccc(N3CC(F)C3)nc2)C(O)NC1. The summed E-state index contributed by atoms with van der Waals surface area (Å²) in [5.74, 6) is 0.749. The number of halogens is 1. The number of nitrogens with zero attached hydrogens (tertiary/aromatic N) is 3. The van der Waals surface area contributed by atoms with Crippen molar-refractivity contribution in [2.45, 2.75) is 12.4 Å². The van der Waals surface area contributed by atoms with Crippen LogP contribution in [-0.2, 0) is 0 Å². The van der Waals surface area contributed by atoms with Gasteiger partial charge in [0.2, 0.25) is 0 Å². The van der Waals surface area contributed by atoms with Crippen molar-refractivity contribution in [2.24, 2.45) is 10.7 Å². The number of aromatic nitrogens is 1. The van der Waals surface area contributed by atoms with Crippen LogP contribution in [0.5, 0.6) is 0 Å². The van der Waals surface area contributed by atoms with Crippen LogP contribution in [0.15, 0.2) is 34.6 Å². The molecule has 6 nitrogen and oxygen atoms in total. The lowest BCUT2D eigenvalue weighted by atomic mass is 10.2. The number of rotatable bonds is 3. The molecular weight excluding hydrogens is 261 g/mol. The van der Waals surface area contributed by atoms with Crippen LogP contribution < -0.4 is 16.0 Å². The van der Waals surface area contributed by atoms with Crippen LogP contribution in [0, 0.1) is 0 Å². The number of aliphatic hydroxyl groups excluding tert-OH is 1. The highest BCUT2D eigenvalue weighted by Gasteiger charge is 2.26. The van der Waals surface area contributed by atoms with Gasteiger partial charge in [-0.25, -0.2) is 9.37 Å². The van der Waals surface area contributed by atoms with Crippen molar-refractivity contribution in [3.8, 4) is 0 Å². The second-order valence-electron chi connectivity index (χ2n) is 4.90. The molecule has 20 heavy (non-hydrogen) atoms. The summed E-state index contributed by atoms with van der Waals surface area (Å²) in [6.07, 6.45) is 1.63. The maximum Gasteiger partial charge on any atom is 0.135 e. The Balaban J connectivity index is 1.68. The van der Waals surface area contributed by atoms with Crippen LogP contribution in [-0.4, -0.2) is 48.3 Å². The number of alkyl halides is 1. The van der Waals surface area contributed by atoms with E-state index in [4.69, 9.17) is 5.73 Å². The molecule has 0 bridgehead atoms. The van der Waals surface area contributed by atoms with Crippen molar-refractivity contribution < 1.29 is 9.50 Å². The van der Waals surface area contributed by atoms with Crippen molar-refractivity contribution in [3.05, 3.63) is 29.6 Å². The largest absolute Gasteiger partial charge is 0.401 e. The Bertz CT molecular complexity index is 550. The molecule has 0 saturated carbocycles. The van der Waals surface area contributed by atoms with E-state index >= 15 is 0 Å². The Labute approximate surface area is 115 Å². The van der Waals surface area contributed by atoms with Gasteiger partial charge in [-0.3, -0.25) is 10.3 Å². The third-order valence-electron chi connectivity index (χ3n) is 3.40. The Kier molecular flexibility index (Phi) is 3.37. The molecule has 3 heterocycles. The van der Waals surface area contributed by atoms with E-state index in [9.17, 15) is 9.50 Å². The number of aliphatic imine (C=N–C) groups is 1. The van der Waals surface area contributed by atoms with Gasteiger partial charge in [-0.05, 0) is 12.1 Å². The van der Waals surface area contributed by atoms with Crippen LogP contribution in [0.2, 0.25) is 0 Å². The Morgan fingerprint density at radius 2 is 2.30 bits per heavy atom. The molecule has 0 amide bonds. The van der Waals surface area contributed by atoms with Gasteiger partial charge in [0.1, 0.15) is 18.2 Å². The van der Waals surface area contributed by atoms with Crippen molar-refractivity contribution in [1.29, 1.82) is 0 Å². The van der Waals surface area contributed by atoms with Crippen LogP contribution >= 0.6 is 0 Å². The Morgan fingerprint density at radius 1 is 1.50 bits per heavy atom. The van der Waals surface area contributed by atoms with Gasteiger partial charge in [0.05, 0.1) is 25.0 Å². The van der Waals surface area contributed by atoms with Crippen molar-refractivity contribution >= 4 is 17.7 Å². The zero-order valence-corrected chi connectivity index (χ0v) is 10.8. The molecule has 106 valence electrons. The Hall–Kier alpha value is -1.99. The Morgan fingerprint density at radius 3 is 2.85 bits per heavy atom. The molecule has 7 heteroatoms. The number of aliphatic hydroxyl groups is 1. The van der Waals surface area contributed by atoms with Gasteiger partial charge < -0.3 is 15.7 Å². The predicted molar refractivity (Wildman–Crippen MR) is 74.7 cm³/mol. The molecule has 0 aromatic carbocycles. The fourth-order valence-corrected chi connectivity index (χ4v) is 2.15. The first-order valence-electron chi connectivity index (χ1n) is 6.42. The topological polar surface area (TPSA) is 86.8 Å². The van der Waals surface area contributed by atoms with E-state index in [2.05, 4.69) is 15.3 Å². The summed E-state index contributed by atoms with van der Waals surface area (Å²) in [5.41, 5.74) is 7.57. The average Bonchev–Trinajstić information content (AvgIpc) is 2.73. The minimum absolute atomic E-state index is 0.400. The lowest BCUT2D eigenvalue weighted by Crippen LogP contribution is -2.48. The lowest BCUT2D eigenvalue weighted by molar-refractivity contribution is 0.194. The fourth-order valence-electron chi connectivity index (χ4n) is 2.15. The van der Waals surface area contributed by atoms with E-state index in [1.807, 2.05) is 4.90 Å². The number of anilines is 1. The standard InChI is InChI=1S/C13H16FN5O/c14-8-6-19(7-8)12-2-1-9(3-17-12)16-4-10-11(15)5-18-13(10)20/h1-4,8,13,18,20H,5-7,15H2. The second kappa shape index (κ2) is 5.18. The molecular formula is C13H16FN5O. The monoisotopic (exact) mass is 277 g/mol. The third kappa shape index (κ3) is 2.50. The zero-order valence-electron chi connectivity index (χ0n) is 10.8. The molecule has 2 aliphatic heterocycles. The van der Waals surface area contributed by atoms with E-state index in [1.54, 1.807) is 18.3 Å². The summed E-state index contributed by atoms with van der Waals surface area (Å²) in [5, 5.41) is 12.4. The maximum absolute atomic E-state index is 12.8. The maximum atomic E-state index is 12.8. The summed E-state index contributed by atoms with van der Waals surface area (Å²) >= 11 is 0. The highest BCUT2D eigenvalue weighted by Crippen LogP contribution is 2.22. The summed E-state index contributed by atoms with van der Waals surface area (Å²) in [4.78, 5) is 10.3. The van der Waals surface area contributed by atoms with Gasteiger partial charge in [-0.15, -0.1) is 0 Å². The first-order chi connectivity index (χ1) is 9.63. The van der Waals surface area contributed by atoms with E-state index < -0.39 is 12.4 Å². The van der Waals surface area contributed by atoms with Crippen molar-refractivity contribution in [2.75, 3.05) is 24.5 Å². The van der Waals surface area contributed by atoms with E-state index in [-0.39, 0.29) is 0 Å². The number of hydrogen-bond donors (Lipinski definition) is 3. The normalized spacial score (nSPS) is 23.7. The summed E-state index contributed by atoms with van der Waals surface area (Å²) in [7, 11) is 0. The van der Waals surface area contributed by atoms with Crippen LogP contribution in [0.1, 0.15) is 0 Å². The van der Waals surface area contributed by atoms with E-state index in [1.165, 1.54) is 6.21 Å². The first-order valence-corrected chi connectivity index (χ1v) is 6.42. The predicted octanol–water partition coefficient (Wildman–Crippen LogP) is 0.0764. The molecule has 4 N–H and O–H groups in total. The van der Waals surface area contributed by atoms with Crippen molar-refractivity contribution in [1.82, 2.24) is 10.3 Å². The van der Waals surface area contributed by atoms with Gasteiger partial charge in [0.25, 0.3) is 0 Å². The molecule has 1 unspecified atom stereocenters. The van der Waals surface area contributed by atoms with Crippen molar-refractivity contribution in [3.63, 3.8) is 0 Å². The molecule has 3 rings (SSSR count). The smallest absolute Gasteiger partial charge is 0.135 e. The molecule has 1 saturated heterocycles. The van der Waals surface area contributed by atoms with Crippen LogP contribution in [0.25, 0.3) is 0 Å². The average molecular weight is 277 g/mol. The zero-order chi connectivity index (χ0) is 14.1. The molecule has 2 aliphatic rings. The van der Waals surface area contributed by atoms with Crippen LogP contribution in [0.3, 0.4) is 0 Å². The summed E-state index contributed by atoms with van der Waals surface area (Å²) in [6.45, 7) is 1.26. The number of pyridine rings is 1. The molecule has 1 fully saturated rings. The van der Waals surface area contributed by atoms with Gasteiger partial charge in [0.15, 0.2) is 0 Å². The number of nitrogens with one attached hydrogen (secondary N) is 1. The molecule has 1 aromatic rings. The van der Waals surface area contributed by atoms with Gasteiger partial charge in [0, 0.05) is 24.0 Å². The molecule has 0 aliphatic carbocycles. The minimum Gasteiger partial charge on any atom is -0.401 e. The van der Waals surface area contributed by atoms with Crippen LogP contribution in [0.4, 0.5) is 15.9 Å². The highest BCUT2D eigenvalue weighted by molar-refractivity contribution is 5.83. The van der Waals surface area contributed by atoms with E-state index in [0.29, 0.717) is 36.6 Å². The highest BCUT2D eigenvalue weighted by atomic mass is 19.1.